The molecule has 1 aromatic heterocycles. The van der Waals surface area contributed by atoms with Crippen LogP contribution in [0, 0.1) is 11.6 Å². The summed E-state index contributed by atoms with van der Waals surface area (Å²) >= 11 is 1.05. The normalized spacial score (nSPS) is 13.1. The molecule has 2 aromatic carbocycles. The summed E-state index contributed by atoms with van der Waals surface area (Å²) in [4.78, 5) is 16.3. The van der Waals surface area contributed by atoms with E-state index >= 15 is 0 Å². The van der Waals surface area contributed by atoms with Crippen LogP contribution in [0.25, 0.3) is 16.3 Å². The fourth-order valence-corrected chi connectivity index (χ4v) is 3.56. The number of methoxy groups -OCH3 is 1. The quantitative estimate of drug-likeness (QED) is 0.666. The molecular weight excluding hydrogens is 390 g/mol. The van der Waals surface area contributed by atoms with Gasteiger partial charge in [-0.1, -0.05) is 11.3 Å². The predicted molar refractivity (Wildman–Crippen MR) is 101 cm³/mol. The Morgan fingerprint density at radius 3 is 2.82 bits per heavy atom. The standard InChI is InChI=1S/C19H14F2N2O4S/c1-25-14-6-10(7-15-18(14)27-5-4-26-15)2-3-17(24)23-19-22-13-8-11(20)12(21)9-16(13)28-19/h2-3,6-9H,4-5H2,1H3,(H,22,23,24)/b3-2+. The van der Waals surface area contributed by atoms with Crippen molar-refractivity contribution in [1.82, 2.24) is 4.98 Å². The smallest absolute Gasteiger partial charge is 0.250 e. The van der Waals surface area contributed by atoms with Crippen LogP contribution in [-0.4, -0.2) is 31.2 Å². The number of thiazole rings is 1. The van der Waals surface area contributed by atoms with Crippen LogP contribution in [-0.2, 0) is 4.79 Å². The second-order valence-corrected chi connectivity index (χ2v) is 6.85. The lowest BCUT2D eigenvalue weighted by atomic mass is 10.1. The highest BCUT2D eigenvalue weighted by Gasteiger charge is 2.18. The highest BCUT2D eigenvalue weighted by molar-refractivity contribution is 7.22. The number of fused-ring (bicyclic) bond motifs is 2. The van der Waals surface area contributed by atoms with E-state index in [0.29, 0.717) is 40.7 Å². The van der Waals surface area contributed by atoms with Crippen molar-refractivity contribution in [2.24, 2.45) is 0 Å². The number of nitrogens with one attached hydrogen (secondary N) is 1. The van der Waals surface area contributed by atoms with Gasteiger partial charge in [0.25, 0.3) is 0 Å². The first kappa shape index (κ1) is 18.2. The highest BCUT2D eigenvalue weighted by Crippen LogP contribution is 2.40. The molecule has 6 nitrogen and oxygen atoms in total. The Morgan fingerprint density at radius 1 is 1.21 bits per heavy atom. The molecule has 0 atom stereocenters. The van der Waals surface area contributed by atoms with Gasteiger partial charge in [0, 0.05) is 12.1 Å². The first-order valence-electron chi connectivity index (χ1n) is 8.26. The van der Waals surface area contributed by atoms with E-state index in [0.717, 1.165) is 23.5 Å². The van der Waals surface area contributed by atoms with E-state index in [9.17, 15) is 13.6 Å². The van der Waals surface area contributed by atoms with Crippen LogP contribution >= 0.6 is 11.3 Å². The number of benzene rings is 2. The minimum atomic E-state index is -0.983. The molecule has 1 aliphatic heterocycles. The predicted octanol–water partition coefficient (Wildman–Crippen LogP) is 4.01. The number of amides is 1. The average molecular weight is 404 g/mol. The minimum absolute atomic E-state index is 0.245. The number of hydrogen-bond acceptors (Lipinski definition) is 6. The number of carbonyl (C=O) groups is 1. The largest absolute Gasteiger partial charge is 0.493 e. The summed E-state index contributed by atoms with van der Waals surface area (Å²) in [5, 5.41) is 2.83. The molecule has 2 heterocycles. The molecule has 0 saturated heterocycles. The van der Waals surface area contributed by atoms with Crippen molar-refractivity contribution in [1.29, 1.82) is 0 Å². The summed E-state index contributed by atoms with van der Waals surface area (Å²) in [6.45, 7) is 0.875. The van der Waals surface area contributed by atoms with Crippen LogP contribution in [0.4, 0.5) is 13.9 Å². The number of ether oxygens (including phenoxy) is 3. The van der Waals surface area contributed by atoms with Gasteiger partial charge in [0.05, 0.1) is 17.3 Å². The zero-order valence-corrected chi connectivity index (χ0v) is 15.4. The number of anilines is 1. The third-order valence-corrected chi connectivity index (χ3v) is 4.87. The molecule has 1 amide bonds. The van der Waals surface area contributed by atoms with Crippen LogP contribution in [0.3, 0.4) is 0 Å². The molecule has 144 valence electrons. The Hall–Kier alpha value is -3.20. The molecule has 0 radical (unpaired) electrons. The van der Waals surface area contributed by atoms with Gasteiger partial charge in [-0.2, -0.15) is 0 Å². The third kappa shape index (κ3) is 3.61. The van der Waals surface area contributed by atoms with Crippen LogP contribution in [0.15, 0.2) is 30.3 Å². The van der Waals surface area contributed by atoms with E-state index in [-0.39, 0.29) is 10.6 Å². The zero-order chi connectivity index (χ0) is 19.7. The fraction of sp³-hybridized carbons (Fsp3) is 0.158. The molecule has 3 aromatic rings. The van der Waals surface area contributed by atoms with Crippen LogP contribution < -0.4 is 19.5 Å². The summed E-state index contributed by atoms with van der Waals surface area (Å²) < 4.78 is 43.4. The van der Waals surface area contributed by atoms with Crippen molar-refractivity contribution in [2.75, 3.05) is 25.6 Å². The van der Waals surface area contributed by atoms with E-state index in [2.05, 4.69) is 10.3 Å². The van der Waals surface area contributed by atoms with Crippen molar-refractivity contribution < 1.29 is 27.8 Å². The molecule has 1 aliphatic rings. The lowest BCUT2D eigenvalue weighted by Crippen LogP contribution is -2.16. The first-order valence-corrected chi connectivity index (χ1v) is 9.07. The Kier molecular flexibility index (Phi) is 4.82. The number of rotatable bonds is 4. The Morgan fingerprint density at radius 2 is 2.00 bits per heavy atom. The van der Waals surface area contributed by atoms with Gasteiger partial charge in [-0.3, -0.25) is 10.1 Å². The maximum absolute atomic E-state index is 13.3. The second kappa shape index (κ2) is 7.43. The molecule has 28 heavy (non-hydrogen) atoms. The summed E-state index contributed by atoms with van der Waals surface area (Å²) in [6.07, 6.45) is 2.90. The molecular formula is C19H14F2N2O4S. The van der Waals surface area contributed by atoms with Crippen LogP contribution in [0.2, 0.25) is 0 Å². The lowest BCUT2D eigenvalue weighted by Gasteiger charge is -2.20. The molecule has 4 rings (SSSR count). The number of hydrogen-bond donors (Lipinski definition) is 1. The Bertz CT molecular complexity index is 1040. The van der Waals surface area contributed by atoms with E-state index in [1.807, 2.05) is 0 Å². The zero-order valence-electron chi connectivity index (χ0n) is 14.6. The monoisotopic (exact) mass is 404 g/mol. The fourth-order valence-electron chi connectivity index (χ4n) is 2.69. The van der Waals surface area contributed by atoms with Crippen molar-refractivity contribution in [3.05, 3.63) is 47.5 Å². The van der Waals surface area contributed by atoms with Gasteiger partial charge in [-0.05, 0) is 29.8 Å². The maximum atomic E-state index is 13.3. The lowest BCUT2D eigenvalue weighted by molar-refractivity contribution is -0.111. The molecule has 0 aliphatic carbocycles. The maximum Gasteiger partial charge on any atom is 0.250 e. The Labute approximate surface area is 162 Å². The van der Waals surface area contributed by atoms with E-state index in [4.69, 9.17) is 14.2 Å². The van der Waals surface area contributed by atoms with Gasteiger partial charge < -0.3 is 14.2 Å². The van der Waals surface area contributed by atoms with Gasteiger partial charge >= 0.3 is 0 Å². The molecule has 0 spiro atoms. The third-order valence-electron chi connectivity index (χ3n) is 3.94. The molecule has 0 unspecified atom stereocenters. The SMILES string of the molecule is COc1cc(/C=C/C(=O)Nc2nc3cc(F)c(F)cc3s2)cc2c1OCCO2. The summed E-state index contributed by atoms with van der Waals surface area (Å²) in [5.41, 5.74) is 0.962. The van der Waals surface area contributed by atoms with E-state index in [1.165, 1.54) is 13.2 Å². The summed E-state index contributed by atoms with van der Waals surface area (Å²) in [6, 6.07) is 5.51. The van der Waals surface area contributed by atoms with Crippen molar-refractivity contribution in [2.45, 2.75) is 0 Å². The first-order chi connectivity index (χ1) is 13.5. The molecule has 9 heteroatoms. The molecule has 0 saturated carbocycles. The molecule has 1 N–H and O–H groups in total. The highest BCUT2D eigenvalue weighted by atomic mass is 32.1. The molecule has 0 fully saturated rings. The number of halogens is 2. The van der Waals surface area contributed by atoms with Gasteiger partial charge in [0.1, 0.15) is 13.2 Å². The van der Waals surface area contributed by atoms with E-state index in [1.54, 1.807) is 18.2 Å². The van der Waals surface area contributed by atoms with Crippen molar-refractivity contribution in [3.8, 4) is 17.2 Å². The average Bonchev–Trinajstić information content (AvgIpc) is 3.06. The van der Waals surface area contributed by atoms with E-state index < -0.39 is 17.5 Å². The summed E-state index contributed by atoms with van der Waals surface area (Å²) in [7, 11) is 1.52. The van der Waals surface area contributed by atoms with Crippen molar-refractivity contribution >= 4 is 38.7 Å². The van der Waals surface area contributed by atoms with Crippen LogP contribution in [0.1, 0.15) is 5.56 Å². The minimum Gasteiger partial charge on any atom is -0.493 e. The molecule has 0 bridgehead atoms. The number of nitrogens with zero attached hydrogens (tertiary/aromatic N) is 1. The van der Waals surface area contributed by atoms with Gasteiger partial charge in [0.15, 0.2) is 28.3 Å². The Balaban J connectivity index is 1.51. The summed E-state index contributed by atoms with van der Waals surface area (Å²) in [5.74, 6) is -0.795. The van der Waals surface area contributed by atoms with Gasteiger partial charge in [0.2, 0.25) is 11.7 Å². The number of carbonyl (C=O) groups excluding carboxylic acids is 1. The van der Waals surface area contributed by atoms with Crippen molar-refractivity contribution in [3.63, 3.8) is 0 Å². The number of aromatic nitrogens is 1. The van der Waals surface area contributed by atoms with Gasteiger partial charge in [-0.25, -0.2) is 13.8 Å². The van der Waals surface area contributed by atoms with Gasteiger partial charge in [-0.15, -0.1) is 0 Å². The second-order valence-electron chi connectivity index (χ2n) is 5.82. The van der Waals surface area contributed by atoms with Crippen LogP contribution in [0.5, 0.6) is 17.2 Å². The topological polar surface area (TPSA) is 69.7 Å².